The molecule has 2 aromatic carbocycles. The Morgan fingerprint density at radius 3 is 2.94 bits per heavy atom. The zero-order valence-electron chi connectivity index (χ0n) is 18.7. The Balaban J connectivity index is 1.36. The summed E-state index contributed by atoms with van der Waals surface area (Å²) in [6.45, 7) is 2.51. The Morgan fingerprint density at radius 1 is 1.26 bits per heavy atom. The number of amides is 1. The Bertz CT molecular complexity index is 1390. The molecule has 1 atom stereocenters. The van der Waals surface area contributed by atoms with Gasteiger partial charge in [-0.1, -0.05) is 11.2 Å². The molecule has 172 valence electrons. The third kappa shape index (κ3) is 2.93. The Kier molecular flexibility index (Phi) is 4.48. The molecule has 1 N–H and O–H groups in total. The number of anilines is 1. The molecule has 34 heavy (non-hydrogen) atoms. The summed E-state index contributed by atoms with van der Waals surface area (Å²) in [5.41, 5.74) is 3.17. The number of aryl methyl sites for hydroxylation is 1. The second kappa shape index (κ2) is 7.44. The van der Waals surface area contributed by atoms with Crippen molar-refractivity contribution < 1.29 is 18.8 Å². The molecule has 0 aliphatic carbocycles. The van der Waals surface area contributed by atoms with Crippen LogP contribution in [-0.4, -0.2) is 39.8 Å². The van der Waals surface area contributed by atoms with Crippen molar-refractivity contribution in [3.05, 3.63) is 77.1 Å². The molecule has 0 saturated carbocycles. The fourth-order valence-corrected chi connectivity index (χ4v) is 4.87. The standard InChI is InChI=1S/C25H22FN5O3/c1-15-13-30(14-27-15)21-8-5-16(11-22(21)33-2)10-17-4-3-9-31-23(17)29-34-25(31)19-12-18(26)6-7-20(19)28-24(25)32/h5-8,10-14H,3-4,9H2,1-2H3,(H,28,32)/b17-10+. The summed E-state index contributed by atoms with van der Waals surface area (Å²) in [4.78, 5) is 24.9. The van der Waals surface area contributed by atoms with Crippen molar-refractivity contribution in [3.8, 4) is 11.4 Å². The lowest BCUT2D eigenvalue weighted by Gasteiger charge is -2.35. The first kappa shape index (κ1) is 20.5. The molecule has 8 nitrogen and oxygen atoms in total. The molecule has 1 unspecified atom stereocenters. The third-order valence-corrected chi connectivity index (χ3v) is 6.45. The van der Waals surface area contributed by atoms with Gasteiger partial charge in [0.15, 0.2) is 5.84 Å². The van der Waals surface area contributed by atoms with E-state index >= 15 is 0 Å². The van der Waals surface area contributed by atoms with Gasteiger partial charge >= 0.3 is 5.72 Å². The first-order chi connectivity index (χ1) is 16.5. The van der Waals surface area contributed by atoms with Crippen LogP contribution in [0.25, 0.3) is 11.8 Å². The van der Waals surface area contributed by atoms with Crippen LogP contribution < -0.4 is 10.1 Å². The number of halogens is 1. The highest BCUT2D eigenvalue weighted by Crippen LogP contribution is 2.47. The van der Waals surface area contributed by atoms with Crippen LogP contribution in [0.5, 0.6) is 5.75 Å². The molecule has 1 spiro atoms. The maximum Gasteiger partial charge on any atom is 0.318 e. The van der Waals surface area contributed by atoms with Gasteiger partial charge in [-0.05, 0) is 67.3 Å². The van der Waals surface area contributed by atoms with E-state index in [9.17, 15) is 9.18 Å². The molecule has 0 radical (unpaired) electrons. The van der Waals surface area contributed by atoms with Crippen molar-refractivity contribution in [1.82, 2.24) is 14.5 Å². The van der Waals surface area contributed by atoms with Crippen molar-refractivity contribution in [2.45, 2.75) is 25.5 Å². The molecular weight excluding hydrogens is 437 g/mol. The number of hydrogen-bond donors (Lipinski definition) is 1. The molecule has 9 heteroatoms. The molecule has 1 saturated heterocycles. The van der Waals surface area contributed by atoms with Gasteiger partial charge in [0.2, 0.25) is 0 Å². The zero-order chi connectivity index (χ0) is 23.4. The molecule has 0 bridgehead atoms. The summed E-state index contributed by atoms with van der Waals surface area (Å²) < 4.78 is 21.6. The number of nitrogens with one attached hydrogen (secondary N) is 1. The number of hydrogen-bond acceptors (Lipinski definition) is 6. The summed E-state index contributed by atoms with van der Waals surface area (Å²) in [5, 5.41) is 7.11. The topological polar surface area (TPSA) is 81.0 Å². The van der Waals surface area contributed by atoms with Crippen molar-refractivity contribution in [2.75, 3.05) is 19.0 Å². The number of fused-ring (bicyclic) bond motifs is 4. The van der Waals surface area contributed by atoms with Crippen LogP contribution in [0.3, 0.4) is 0 Å². The zero-order valence-corrected chi connectivity index (χ0v) is 18.7. The number of amidine groups is 1. The lowest BCUT2D eigenvalue weighted by atomic mass is 9.95. The quantitative estimate of drug-likeness (QED) is 0.641. The number of nitrogens with zero attached hydrogens (tertiary/aromatic N) is 4. The molecule has 3 aromatic rings. The highest BCUT2D eigenvalue weighted by atomic mass is 19.1. The van der Waals surface area contributed by atoms with Gasteiger partial charge in [0.1, 0.15) is 11.6 Å². The number of carbonyl (C=O) groups excluding carboxylic acids is 1. The highest BCUT2D eigenvalue weighted by Gasteiger charge is 2.60. The number of oxime groups is 1. The van der Waals surface area contributed by atoms with Gasteiger partial charge in [0.05, 0.1) is 36.1 Å². The van der Waals surface area contributed by atoms with E-state index in [1.165, 1.54) is 12.1 Å². The van der Waals surface area contributed by atoms with Crippen LogP contribution in [0.4, 0.5) is 10.1 Å². The Hall–Kier alpha value is -4.14. The molecule has 1 fully saturated rings. The van der Waals surface area contributed by atoms with Gasteiger partial charge in [-0.2, -0.15) is 0 Å². The predicted molar refractivity (Wildman–Crippen MR) is 124 cm³/mol. The molecule has 1 aromatic heterocycles. The highest BCUT2D eigenvalue weighted by molar-refractivity contribution is 6.11. The third-order valence-electron chi connectivity index (χ3n) is 6.45. The number of piperidine rings is 1. The lowest BCUT2D eigenvalue weighted by Crippen LogP contribution is -2.52. The minimum atomic E-state index is -1.48. The van der Waals surface area contributed by atoms with Crippen LogP contribution in [0.15, 0.2) is 59.7 Å². The van der Waals surface area contributed by atoms with E-state index in [2.05, 4.69) is 15.5 Å². The van der Waals surface area contributed by atoms with Crippen LogP contribution in [0.1, 0.15) is 29.7 Å². The number of rotatable bonds is 3. The first-order valence-corrected chi connectivity index (χ1v) is 11.0. The molecule has 3 aliphatic heterocycles. The summed E-state index contributed by atoms with van der Waals surface area (Å²) >= 11 is 0. The molecule has 6 rings (SSSR count). The Labute approximate surface area is 195 Å². The van der Waals surface area contributed by atoms with Crippen molar-refractivity contribution >= 4 is 23.5 Å². The normalized spacial score (nSPS) is 21.9. The van der Waals surface area contributed by atoms with Gasteiger partial charge in [-0.15, -0.1) is 0 Å². The maximum atomic E-state index is 14.1. The van der Waals surface area contributed by atoms with E-state index in [4.69, 9.17) is 9.57 Å². The van der Waals surface area contributed by atoms with Crippen molar-refractivity contribution in [2.24, 2.45) is 5.16 Å². The van der Waals surface area contributed by atoms with Crippen LogP contribution >= 0.6 is 0 Å². The van der Waals surface area contributed by atoms with Crippen LogP contribution in [-0.2, 0) is 15.4 Å². The average molecular weight is 459 g/mol. The van der Waals surface area contributed by atoms with Gasteiger partial charge < -0.3 is 24.4 Å². The minimum absolute atomic E-state index is 0.366. The van der Waals surface area contributed by atoms with E-state index in [1.54, 1.807) is 19.5 Å². The fraction of sp³-hybridized carbons (Fsp3) is 0.240. The predicted octanol–water partition coefficient (Wildman–Crippen LogP) is 3.96. The maximum absolute atomic E-state index is 14.1. The monoisotopic (exact) mass is 459 g/mol. The van der Waals surface area contributed by atoms with Gasteiger partial charge in [-0.25, -0.2) is 9.37 Å². The second-order valence-corrected chi connectivity index (χ2v) is 8.57. The fourth-order valence-electron chi connectivity index (χ4n) is 4.87. The molecular formula is C25H22FN5O3. The number of aromatic nitrogens is 2. The number of imidazole rings is 1. The number of ether oxygens (including phenoxy) is 1. The molecule has 4 heterocycles. The van der Waals surface area contributed by atoms with Gasteiger partial charge in [0.25, 0.3) is 5.91 Å². The van der Waals surface area contributed by atoms with Gasteiger partial charge in [-0.3, -0.25) is 4.79 Å². The van der Waals surface area contributed by atoms with Crippen LogP contribution in [0, 0.1) is 12.7 Å². The lowest BCUT2D eigenvalue weighted by molar-refractivity contribution is -0.155. The summed E-state index contributed by atoms with van der Waals surface area (Å²) in [7, 11) is 1.63. The summed E-state index contributed by atoms with van der Waals surface area (Å²) in [6.07, 6.45) is 7.29. The summed E-state index contributed by atoms with van der Waals surface area (Å²) in [5.74, 6) is 0.501. The van der Waals surface area contributed by atoms with E-state index < -0.39 is 11.5 Å². The smallest absolute Gasteiger partial charge is 0.318 e. The van der Waals surface area contributed by atoms with E-state index in [0.717, 1.165) is 35.4 Å². The Morgan fingerprint density at radius 2 is 2.15 bits per heavy atom. The number of carbonyl (C=O) groups is 1. The van der Waals surface area contributed by atoms with Gasteiger partial charge in [0, 0.05) is 12.7 Å². The first-order valence-electron chi connectivity index (χ1n) is 11.0. The van der Waals surface area contributed by atoms with E-state index in [-0.39, 0.29) is 5.91 Å². The average Bonchev–Trinajstić information content (AvgIpc) is 3.52. The van der Waals surface area contributed by atoms with E-state index in [0.29, 0.717) is 29.4 Å². The van der Waals surface area contributed by atoms with E-state index in [1.807, 2.05) is 46.9 Å². The second-order valence-electron chi connectivity index (χ2n) is 8.57. The van der Waals surface area contributed by atoms with Crippen LogP contribution in [0.2, 0.25) is 0 Å². The number of benzene rings is 2. The van der Waals surface area contributed by atoms with Crippen molar-refractivity contribution in [3.63, 3.8) is 0 Å². The number of methoxy groups -OCH3 is 1. The SMILES string of the molecule is COc1cc(/C=C2\CCCN3C2=NOC32C(=O)Nc3ccc(F)cc32)ccc1-n1cnc(C)c1. The minimum Gasteiger partial charge on any atom is -0.495 e. The molecule has 3 aliphatic rings. The largest absolute Gasteiger partial charge is 0.495 e. The summed E-state index contributed by atoms with van der Waals surface area (Å²) in [6, 6.07) is 10.1. The molecule has 1 amide bonds. The van der Waals surface area contributed by atoms with Crippen molar-refractivity contribution in [1.29, 1.82) is 0 Å².